The van der Waals surface area contributed by atoms with E-state index >= 15 is 0 Å². The molecule has 22 heavy (non-hydrogen) atoms. The molecule has 1 aliphatic heterocycles. The molecule has 0 N–H and O–H groups in total. The predicted octanol–water partition coefficient (Wildman–Crippen LogP) is 3.77. The first-order valence-corrected chi connectivity index (χ1v) is 8.40. The number of hydrogen-bond donors (Lipinski definition) is 0. The molecule has 0 bridgehead atoms. The van der Waals surface area contributed by atoms with E-state index < -0.39 is 0 Å². The van der Waals surface area contributed by atoms with Gasteiger partial charge in [-0.25, -0.2) is 4.98 Å². The summed E-state index contributed by atoms with van der Waals surface area (Å²) in [6.07, 6.45) is 2.76. The second-order valence-corrected chi connectivity index (χ2v) is 7.41. The van der Waals surface area contributed by atoms with Crippen LogP contribution in [0.1, 0.15) is 31.2 Å². The summed E-state index contributed by atoms with van der Waals surface area (Å²) in [5, 5.41) is 11.7. The lowest BCUT2D eigenvalue weighted by Gasteiger charge is -2.39. The van der Waals surface area contributed by atoms with Crippen LogP contribution in [0, 0.1) is 5.41 Å². The molecule has 0 spiro atoms. The molecule has 4 nitrogen and oxygen atoms in total. The monoisotopic (exact) mass is 310 g/mol. The number of thiazole rings is 1. The number of nitrogens with zero attached hydrogens (tertiary/aromatic N) is 4. The van der Waals surface area contributed by atoms with Crippen molar-refractivity contribution in [1.29, 1.82) is 0 Å². The summed E-state index contributed by atoms with van der Waals surface area (Å²) in [6, 6.07) is 10.8. The molecule has 1 atom stereocenters. The van der Waals surface area contributed by atoms with Crippen molar-refractivity contribution in [2.24, 2.45) is 5.41 Å². The fourth-order valence-corrected chi connectivity index (χ4v) is 3.98. The van der Waals surface area contributed by atoms with Crippen LogP contribution in [0.3, 0.4) is 0 Å². The molecule has 5 heteroatoms. The second kappa shape index (κ2) is 5.02. The number of hydrogen-bond acceptors (Lipinski definition) is 4. The fraction of sp³-hybridized carbons (Fsp3) is 0.353. The van der Waals surface area contributed by atoms with Crippen molar-refractivity contribution in [3.8, 4) is 10.8 Å². The van der Waals surface area contributed by atoms with Gasteiger partial charge in [-0.1, -0.05) is 44.2 Å². The quantitative estimate of drug-likeness (QED) is 0.723. The van der Waals surface area contributed by atoms with E-state index in [4.69, 9.17) is 0 Å². The van der Waals surface area contributed by atoms with Crippen LogP contribution in [0.4, 0.5) is 0 Å². The normalized spacial score (nSPS) is 19.8. The Kier molecular flexibility index (Phi) is 3.11. The van der Waals surface area contributed by atoms with Crippen molar-refractivity contribution in [2.45, 2.75) is 32.7 Å². The van der Waals surface area contributed by atoms with Crippen molar-refractivity contribution in [1.82, 2.24) is 19.7 Å². The molecule has 1 unspecified atom stereocenters. The first-order valence-electron chi connectivity index (χ1n) is 7.52. The van der Waals surface area contributed by atoms with Gasteiger partial charge in [0.2, 0.25) is 0 Å². The Balaban J connectivity index is 1.78. The Hall–Kier alpha value is -2.01. The highest BCUT2D eigenvalue weighted by molar-refractivity contribution is 7.13. The van der Waals surface area contributed by atoms with Crippen LogP contribution in [0.15, 0.2) is 41.9 Å². The van der Waals surface area contributed by atoms with Crippen LogP contribution in [-0.2, 0) is 13.0 Å². The molecular weight excluding hydrogens is 292 g/mol. The molecule has 0 fully saturated rings. The van der Waals surface area contributed by atoms with E-state index in [1.54, 1.807) is 11.3 Å². The Bertz CT molecular complexity index is 774. The van der Waals surface area contributed by atoms with Crippen LogP contribution in [0.5, 0.6) is 0 Å². The van der Waals surface area contributed by atoms with Crippen LogP contribution in [-0.4, -0.2) is 19.7 Å². The zero-order valence-electron chi connectivity index (χ0n) is 12.7. The maximum atomic E-state index is 4.42. The first-order chi connectivity index (χ1) is 10.6. The highest BCUT2D eigenvalue weighted by Crippen LogP contribution is 2.43. The second-order valence-electron chi connectivity index (χ2n) is 6.52. The Labute approximate surface area is 133 Å². The molecule has 1 aromatic carbocycles. The molecule has 0 amide bonds. The fourth-order valence-electron chi connectivity index (χ4n) is 3.35. The van der Waals surface area contributed by atoms with Crippen molar-refractivity contribution < 1.29 is 0 Å². The summed E-state index contributed by atoms with van der Waals surface area (Å²) in [5.41, 5.74) is 1.56. The molecule has 4 rings (SSSR count). The van der Waals surface area contributed by atoms with Crippen LogP contribution in [0.25, 0.3) is 10.8 Å². The zero-order chi connectivity index (χ0) is 15.2. The lowest BCUT2D eigenvalue weighted by Crippen LogP contribution is -2.35. The third kappa shape index (κ3) is 2.16. The Morgan fingerprint density at radius 2 is 2.00 bits per heavy atom. The smallest absolute Gasteiger partial charge is 0.193 e. The average molecular weight is 310 g/mol. The molecule has 2 aromatic heterocycles. The van der Waals surface area contributed by atoms with E-state index in [1.807, 2.05) is 11.6 Å². The van der Waals surface area contributed by atoms with Gasteiger partial charge in [-0.3, -0.25) is 0 Å². The van der Waals surface area contributed by atoms with E-state index in [1.165, 1.54) is 5.56 Å². The van der Waals surface area contributed by atoms with Gasteiger partial charge in [-0.15, -0.1) is 21.5 Å². The van der Waals surface area contributed by atoms with Crippen molar-refractivity contribution in [3.63, 3.8) is 0 Å². The van der Waals surface area contributed by atoms with Gasteiger partial charge in [-0.05, 0) is 11.0 Å². The summed E-state index contributed by atoms with van der Waals surface area (Å²) in [5.74, 6) is 2.43. The molecule has 0 radical (unpaired) electrons. The van der Waals surface area contributed by atoms with Gasteiger partial charge in [0.05, 0.1) is 0 Å². The maximum Gasteiger partial charge on any atom is 0.193 e. The number of aromatic nitrogens is 4. The van der Waals surface area contributed by atoms with Crippen molar-refractivity contribution in [2.75, 3.05) is 0 Å². The first kappa shape index (κ1) is 13.6. The molecule has 0 saturated carbocycles. The highest BCUT2D eigenvalue weighted by Gasteiger charge is 2.38. The lowest BCUT2D eigenvalue weighted by atomic mass is 9.70. The lowest BCUT2D eigenvalue weighted by molar-refractivity contribution is 0.219. The SMILES string of the molecule is CC1(C)Cc2nnc(-c3nccs3)n2CC1c1ccccc1. The van der Waals surface area contributed by atoms with Gasteiger partial charge >= 0.3 is 0 Å². The summed E-state index contributed by atoms with van der Waals surface area (Å²) >= 11 is 1.62. The van der Waals surface area contributed by atoms with Crippen LogP contribution in [0.2, 0.25) is 0 Å². The van der Waals surface area contributed by atoms with E-state index in [9.17, 15) is 0 Å². The molecule has 3 heterocycles. The van der Waals surface area contributed by atoms with E-state index in [-0.39, 0.29) is 5.41 Å². The highest BCUT2D eigenvalue weighted by atomic mass is 32.1. The third-order valence-electron chi connectivity index (χ3n) is 4.58. The van der Waals surface area contributed by atoms with E-state index in [0.717, 1.165) is 29.6 Å². The summed E-state index contributed by atoms with van der Waals surface area (Å²) in [6.45, 7) is 5.56. The van der Waals surface area contributed by atoms with Crippen LogP contribution >= 0.6 is 11.3 Å². The van der Waals surface area contributed by atoms with Crippen LogP contribution < -0.4 is 0 Å². The largest absolute Gasteiger partial charge is 0.308 e. The average Bonchev–Trinajstić information content (AvgIpc) is 3.15. The third-order valence-corrected chi connectivity index (χ3v) is 5.34. The minimum atomic E-state index is 0.171. The summed E-state index contributed by atoms with van der Waals surface area (Å²) in [7, 11) is 0. The predicted molar refractivity (Wildman–Crippen MR) is 87.8 cm³/mol. The number of benzene rings is 1. The maximum absolute atomic E-state index is 4.42. The standard InChI is InChI=1S/C17H18N4S/c1-17(2)10-14-19-20-15(16-18-8-9-22-16)21(14)11-13(17)12-6-4-3-5-7-12/h3-9,13H,10-11H2,1-2H3. The Morgan fingerprint density at radius 1 is 1.18 bits per heavy atom. The number of rotatable bonds is 2. The van der Waals surface area contributed by atoms with Gasteiger partial charge in [0.25, 0.3) is 0 Å². The van der Waals surface area contributed by atoms with Gasteiger partial charge in [0.1, 0.15) is 5.82 Å². The molecule has 1 aliphatic rings. The van der Waals surface area contributed by atoms with E-state index in [2.05, 4.69) is 63.9 Å². The topological polar surface area (TPSA) is 43.6 Å². The molecule has 0 aliphatic carbocycles. The molecule has 3 aromatic rings. The molecular formula is C17H18N4S. The van der Waals surface area contributed by atoms with Gasteiger partial charge < -0.3 is 4.57 Å². The minimum absolute atomic E-state index is 0.171. The Morgan fingerprint density at radius 3 is 2.73 bits per heavy atom. The summed E-state index contributed by atoms with van der Waals surface area (Å²) < 4.78 is 2.25. The number of fused-ring (bicyclic) bond motifs is 1. The zero-order valence-corrected chi connectivity index (χ0v) is 13.5. The van der Waals surface area contributed by atoms with Crippen molar-refractivity contribution in [3.05, 3.63) is 53.3 Å². The van der Waals surface area contributed by atoms with Crippen molar-refractivity contribution >= 4 is 11.3 Å². The summed E-state index contributed by atoms with van der Waals surface area (Å²) in [4.78, 5) is 4.40. The van der Waals surface area contributed by atoms with Gasteiger partial charge in [-0.2, -0.15) is 0 Å². The molecule has 0 saturated heterocycles. The minimum Gasteiger partial charge on any atom is -0.308 e. The van der Waals surface area contributed by atoms with E-state index in [0.29, 0.717) is 5.92 Å². The van der Waals surface area contributed by atoms with Gasteiger partial charge in [0, 0.05) is 30.5 Å². The molecule has 112 valence electrons. The van der Waals surface area contributed by atoms with Gasteiger partial charge in [0.15, 0.2) is 10.8 Å².